The van der Waals surface area contributed by atoms with Gasteiger partial charge in [-0.15, -0.1) is 0 Å². The van der Waals surface area contributed by atoms with Crippen LogP contribution in [0.1, 0.15) is 18.4 Å². The lowest BCUT2D eigenvalue weighted by atomic mass is 10.1. The second kappa shape index (κ2) is 6.68. The summed E-state index contributed by atoms with van der Waals surface area (Å²) in [4.78, 5) is 14.3. The van der Waals surface area contributed by atoms with Crippen LogP contribution in [-0.2, 0) is 11.2 Å². The molecule has 2 atom stereocenters. The van der Waals surface area contributed by atoms with E-state index in [4.69, 9.17) is 5.73 Å². The average Bonchev–Trinajstić information content (AvgIpc) is 2.82. The molecule has 0 aromatic heterocycles. The van der Waals surface area contributed by atoms with Crippen LogP contribution in [0.15, 0.2) is 30.3 Å². The summed E-state index contributed by atoms with van der Waals surface area (Å²) in [5, 5.41) is 2.97. The SMILES string of the molecule is CN1CCCC1CNC(=O)C(N)Cc1ccccc1. The minimum Gasteiger partial charge on any atom is -0.353 e. The highest BCUT2D eigenvalue weighted by atomic mass is 16.2. The molecule has 1 aromatic carbocycles. The van der Waals surface area contributed by atoms with Gasteiger partial charge in [0.2, 0.25) is 5.91 Å². The Morgan fingerprint density at radius 1 is 1.47 bits per heavy atom. The van der Waals surface area contributed by atoms with E-state index in [-0.39, 0.29) is 5.91 Å². The third-order valence-electron chi connectivity index (χ3n) is 3.82. The molecule has 104 valence electrons. The van der Waals surface area contributed by atoms with E-state index in [0.717, 1.165) is 18.5 Å². The van der Waals surface area contributed by atoms with Crippen LogP contribution in [0.4, 0.5) is 0 Å². The maximum Gasteiger partial charge on any atom is 0.237 e. The van der Waals surface area contributed by atoms with Crippen molar-refractivity contribution >= 4 is 5.91 Å². The number of nitrogens with zero attached hydrogens (tertiary/aromatic N) is 1. The van der Waals surface area contributed by atoms with E-state index in [2.05, 4.69) is 17.3 Å². The first kappa shape index (κ1) is 14.0. The molecule has 1 heterocycles. The Morgan fingerprint density at radius 2 is 2.21 bits per heavy atom. The number of benzene rings is 1. The number of rotatable bonds is 5. The molecule has 3 N–H and O–H groups in total. The summed E-state index contributed by atoms with van der Waals surface area (Å²) in [7, 11) is 2.10. The Balaban J connectivity index is 1.76. The zero-order chi connectivity index (χ0) is 13.7. The molecule has 1 aromatic rings. The van der Waals surface area contributed by atoms with Crippen LogP contribution in [0, 0.1) is 0 Å². The number of likely N-dealkylation sites (N-methyl/N-ethyl adjacent to an activating group) is 1. The van der Waals surface area contributed by atoms with Crippen molar-refractivity contribution in [1.29, 1.82) is 0 Å². The van der Waals surface area contributed by atoms with E-state index >= 15 is 0 Å². The molecular weight excluding hydrogens is 238 g/mol. The van der Waals surface area contributed by atoms with Crippen molar-refractivity contribution in [3.8, 4) is 0 Å². The number of likely N-dealkylation sites (tertiary alicyclic amines) is 1. The lowest BCUT2D eigenvalue weighted by Gasteiger charge is -2.21. The fourth-order valence-electron chi connectivity index (χ4n) is 2.55. The lowest BCUT2D eigenvalue weighted by molar-refractivity contribution is -0.122. The number of hydrogen-bond acceptors (Lipinski definition) is 3. The van der Waals surface area contributed by atoms with Crippen LogP contribution in [0.2, 0.25) is 0 Å². The van der Waals surface area contributed by atoms with E-state index < -0.39 is 6.04 Å². The molecule has 0 aliphatic carbocycles. The third-order valence-corrected chi connectivity index (χ3v) is 3.82. The van der Waals surface area contributed by atoms with Gasteiger partial charge in [-0.3, -0.25) is 4.79 Å². The van der Waals surface area contributed by atoms with Crippen LogP contribution in [-0.4, -0.2) is 43.0 Å². The highest BCUT2D eigenvalue weighted by molar-refractivity contribution is 5.81. The van der Waals surface area contributed by atoms with Crippen LogP contribution in [0.5, 0.6) is 0 Å². The van der Waals surface area contributed by atoms with Crippen molar-refractivity contribution < 1.29 is 4.79 Å². The van der Waals surface area contributed by atoms with Gasteiger partial charge in [0.1, 0.15) is 0 Å². The summed E-state index contributed by atoms with van der Waals surface area (Å²) in [5.74, 6) is -0.0517. The van der Waals surface area contributed by atoms with Gasteiger partial charge in [0, 0.05) is 12.6 Å². The van der Waals surface area contributed by atoms with E-state index in [0.29, 0.717) is 19.0 Å². The molecule has 1 aliphatic heterocycles. The zero-order valence-corrected chi connectivity index (χ0v) is 11.5. The van der Waals surface area contributed by atoms with Gasteiger partial charge in [0.05, 0.1) is 6.04 Å². The molecule has 0 saturated carbocycles. The Labute approximate surface area is 115 Å². The van der Waals surface area contributed by atoms with Gasteiger partial charge >= 0.3 is 0 Å². The second-order valence-corrected chi connectivity index (χ2v) is 5.32. The highest BCUT2D eigenvalue weighted by Crippen LogP contribution is 2.13. The first-order valence-corrected chi connectivity index (χ1v) is 6.94. The van der Waals surface area contributed by atoms with E-state index in [1.807, 2.05) is 30.3 Å². The molecule has 4 nitrogen and oxygen atoms in total. The summed E-state index contributed by atoms with van der Waals surface area (Å²) < 4.78 is 0. The summed E-state index contributed by atoms with van der Waals surface area (Å²) in [6, 6.07) is 9.89. The van der Waals surface area contributed by atoms with Gasteiger partial charge in [-0.1, -0.05) is 30.3 Å². The maximum atomic E-state index is 12.0. The minimum absolute atomic E-state index is 0.0517. The zero-order valence-electron chi connectivity index (χ0n) is 11.5. The van der Waals surface area contributed by atoms with E-state index in [1.54, 1.807) is 0 Å². The van der Waals surface area contributed by atoms with E-state index in [1.165, 1.54) is 6.42 Å². The van der Waals surface area contributed by atoms with Crippen molar-refractivity contribution in [3.63, 3.8) is 0 Å². The number of carbonyl (C=O) groups excluding carboxylic acids is 1. The monoisotopic (exact) mass is 261 g/mol. The van der Waals surface area contributed by atoms with Crippen molar-refractivity contribution in [2.24, 2.45) is 5.73 Å². The average molecular weight is 261 g/mol. The largest absolute Gasteiger partial charge is 0.353 e. The van der Waals surface area contributed by atoms with Crippen LogP contribution < -0.4 is 11.1 Å². The lowest BCUT2D eigenvalue weighted by Crippen LogP contribution is -2.46. The van der Waals surface area contributed by atoms with Gasteiger partial charge < -0.3 is 16.0 Å². The molecule has 2 unspecified atom stereocenters. The predicted molar refractivity (Wildman–Crippen MR) is 76.8 cm³/mol. The minimum atomic E-state index is -0.464. The van der Waals surface area contributed by atoms with Crippen molar-refractivity contribution in [2.75, 3.05) is 20.1 Å². The fourth-order valence-corrected chi connectivity index (χ4v) is 2.55. The molecule has 1 fully saturated rings. The summed E-state index contributed by atoms with van der Waals surface area (Å²) in [6.45, 7) is 1.83. The molecule has 1 saturated heterocycles. The van der Waals surface area contributed by atoms with Crippen LogP contribution in [0.3, 0.4) is 0 Å². The van der Waals surface area contributed by atoms with Crippen molar-refractivity contribution in [1.82, 2.24) is 10.2 Å². The molecule has 0 spiro atoms. The number of hydrogen-bond donors (Lipinski definition) is 2. The first-order chi connectivity index (χ1) is 9.16. The van der Waals surface area contributed by atoms with Crippen molar-refractivity contribution in [2.45, 2.75) is 31.3 Å². The van der Waals surface area contributed by atoms with Gasteiger partial charge in [0.25, 0.3) is 0 Å². The Bertz CT molecular complexity index is 407. The molecule has 0 bridgehead atoms. The number of carbonyl (C=O) groups is 1. The molecule has 2 rings (SSSR count). The molecule has 0 radical (unpaired) electrons. The van der Waals surface area contributed by atoms with Gasteiger partial charge in [-0.25, -0.2) is 0 Å². The van der Waals surface area contributed by atoms with E-state index in [9.17, 15) is 4.79 Å². The molecular formula is C15H23N3O. The normalized spacial score (nSPS) is 21.3. The molecule has 1 amide bonds. The summed E-state index contributed by atoms with van der Waals surface area (Å²) in [6.07, 6.45) is 2.96. The quantitative estimate of drug-likeness (QED) is 0.823. The number of nitrogens with two attached hydrogens (primary N) is 1. The summed E-state index contributed by atoms with van der Waals surface area (Å²) in [5.41, 5.74) is 7.04. The fraction of sp³-hybridized carbons (Fsp3) is 0.533. The first-order valence-electron chi connectivity index (χ1n) is 6.94. The second-order valence-electron chi connectivity index (χ2n) is 5.32. The van der Waals surface area contributed by atoms with Gasteiger partial charge in [-0.05, 0) is 38.4 Å². The Morgan fingerprint density at radius 3 is 2.84 bits per heavy atom. The standard InChI is InChI=1S/C15H23N3O/c1-18-9-5-8-13(18)11-17-15(19)14(16)10-12-6-3-2-4-7-12/h2-4,6-7,13-14H,5,8-11,16H2,1H3,(H,17,19). The number of nitrogens with one attached hydrogen (secondary N) is 1. The smallest absolute Gasteiger partial charge is 0.237 e. The Hall–Kier alpha value is -1.39. The number of amides is 1. The van der Waals surface area contributed by atoms with Gasteiger partial charge in [-0.2, -0.15) is 0 Å². The van der Waals surface area contributed by atoms with Gasteiger partial charge in [0.15, 0.2) is 0 Å². The topological polar surface area (TPSA) is 58.4 Å². The third kappa shape index (κ3) is 4.04. The van der Waals surface area contributed by atoms with Crippen LogP contribution in [0.25, 0.3) is 0 Å². The maximum absolute atomic E-state index is 12.0. The molecule has 4 heteroatoms. The molecule has 1 aliphatic rings. The van der Waals surface area contributed by atoms with Crippen molar-refractivity contribution in [3.05, 3.63) is 35.9 Å². The van der Waals surface area contributed by atoms with Crippen LogP contribution >= 0.6 is 0 Å². The highest BCUT2D eigenvalue weighted by Gasteiger charge is 2.22. The molecule has 19 heavy (non-hydrogen) atoms. The Kier molecular flexibility index (Phi) is 4.93. The predicted octanol–water partition coefficient (Wildman–Crippen LogP) is 0.767. The summed E-state index contributed by atoms with van der Waals surface area (Å²) >= 11 is 0.